The lowest BCUT2D eigenvalue weighted by molar-refractivity contribution is 0.0509. The summed E-state index contributed by atoms with van der Waals surface area (Å²) in [7, 11) is 2.95. The zero-order valence-corrected chi connectivity index (χ0v) is 16.0. The number of esters is 1. The second-order valence-electron chi connectivity index (χ2n) is 6.13. The number of hydrogen-bond acceptors (Lipinski definition) is 10. The van der Waals surface area contributed by atoms with E-state index < -0.39 is 40.3 Å². The highest BCUT2D eigenvalue weighted by atomic mass is 16.7. The summed E-state index contributed by atoms with van der Waals surface area (Å²) in [5.41, 5.74) is -1.43. The molecule has 0 spiro atoms. The van der Waals surface area contributed by atoms with Gasteiger partial charge in [0.1, 0.15) is 6.61 Å². The first kappa shape index (κ1) is 20.9. The topological polar surface area (TPSA) is 164 Å². The van der Waals surface area contributed by atoms with Gasteiger partial charge in [-0.2, -0.15) is 0 Å². The summed E-state index contributed by atoms with van der Waals surface area (Å²) in [4.78, 5) is 24.6. The number of carboxylic acid groups (broad SMARTS) is 1. The van der Waals surface area contributed by atoms with Crippen LogP contribution in [0.15, 0.2) is 12.1 Å². The Kier molecular flexibility index (Phi) is 5.74. The Morgan fingerprint density at radius 3 is 2.40 bits per heavy atom. The van der Waals surface area contributed by atoms with Gasteiger partial charge in [-0.25, -0.2) is 9.59 Å². The second-order valence-corrected chi connectivity index (χ2v) is 6.13. The van der Waals surface area contributed by atoms with Crippen molar-refractivity contribution < 1.29 is 49.0 Å². The van der Waals surface area contributed by atoms with Crippen molar-refractivity contribution in [2.45, 2.75) is 0 Å². The standard InChI is InChI=1S/C19H19NO10/c1-20-3-4-28-19(26)9-5-10(21)14(22)15(23)12(9)13-8(18(24)25)6-11(27-2)16-17(13)30-7-29-16/h5-6,20-23H,3-4,7H2,1-2H3,(H,24,25). The SMILES string of the molecule is CNCCOC(=O)c1cc(O)c(O)c(O)c1-c1c(C(=O)O)cc(OC)c2c1OCO2. The number of carbonyl (C=O) groups excluding carboxylic acids is 1. The first-order valence-electron chi connectivity index (χ1n) is 8.65. The maximum atomic E-state index is 12.6. The quantitative estimate of drug-likeness (QED) is 0.248. The Morgan fingerprint density at radius 2 is 1.77 bits per heavy atom. The first-order chi connectivity index (χ1) is 14.3. The van der Waals surface area contributed by atoms with Gasteiger partial charge in [0.15, 0.2) is 23.0 Å². The third-order valence-electron chi connectivity index (χ3n) is 4.37. The summed E-state index contributed by atoms with van der Waals surface area (Å²) in [6.07, 6.45) is 0. The van der Waals surface area contributed by atoms with Crippen LogP contribution in [0.2, 0.25) is 0 Å². The number of phenols is 3. The number of ether oxygens (including phenoxy) is 4. The van der Waals surface area contributed by atoms with Crippen LogP contribution < -0.4 is 19.5 Å². The van der Waals surface area contributed by atoms with E-state index in [1.165, 1.54) is 7.11 Å². The van der Waals surface area contributed by atoms with Gasteiger partial charge in [-0.05, 0) is 19.2 Å². The second kappa shape index (κ2) is 8.25. The van der Waals surface area contributed by atoms with Gasteiger partial charge >= 0.3 is 11.9 Å². The number of fused-ring (bicyclic) bond motifs is 1. The van der Waals surface area contributed by atoms with E-state index in [2.05, 4.69) is 5.32 Å². The van der Waals surface area contributed by atoms with Crippen LogP contribution in [0.3, 0.4) is 0 Å². The molecule has 0 fully saturated rings. The van der Waals surface area contributed by atoms with Crippen LogP contribution in [0.4, 0.5) is 0 Å². The Bertz CT molecular complexity index is 1020. The number of rotatable bonds is 7. The molecule has 2 aromatic rings. The molecular formula is C19H19NO10. The van der Waals surface area contributed by atoms with Crippen molar-refractivity contribution in [2.24, 2.45) is 0 Å². The molecule has 160 valence electrons. The van der Waals surface area contributed by atoms with E-state index in [-0.39, 0.29) is 41.8 Å². The maximum absolute atomic E-state index is 12.6. The Balaban J connectivity index is 2.33. The lowest BCUT2D eigenvalue weighted by Gasteiger charge is -2.18. The van der Waals surface area contributed by atoms with Gasteiger partial charge < -0.3 is 44.7 Å². The summed E-state index contributed by atoms with van der Waals surface area (Å²) >= 11 is 0. The van der Waals surface area contributed by atoms with E-state index in [0.717, 1.165) is 12.1 Å². The molecule has 0 saturated heterocycles. The molecule has 2 aromatic carbocycles. The van der Waals surface area contributed by atoms with Crippen molar-refractivity contribution >= 4 is 11.9 Å². The average Bonchev–Trinajstić information content (AvgIpc) is 3.21. The molecule has 11 heteroatoms. The van der Waals surface area contributed by atoms with Gasteiger partial charge in [0.25, 0.3) is 0 Å². The predicted octanol–water partition coefficient (Wildman–Crippen LogP) is 1.28. The predicted molar refractivity (Wildman–Crippen MR) is 101 cm³/mol. The van der Waals surface area contributed by atoms with Crippen molar-refractivity contribution in [3.8, 4) is 45.6 Å². The van der Waals surface area contributed by atoms with E-state index in [1.807, 2.05) is 0 Å². The molecule has 0 unspecified atom stereocenters. The van der Waals surface area contributed by atoms with Crippen LogP contribution in [0.1, 0.15) is 20.7 Å². The summed E-state index contributed by atoms with van der Waals surface area (Å²) in [6.45, 7) is 0.0181. The molecule has 1 aliphatic heterocycles. The highest BCUT2D eigenvalue weighted by Gasteiger charge is 2.34. The van der Waals surface area contributed by atoms with Crippen molar-refractivity contribution in [2.75, 3.05) is 34.1 Å². The average molecular weight is 421 g/mol. The summed E-state index contributed by atoms with van der Waals surface area (Å²) < 4.78 is 21.0. The normalized spacial score (nSPS) is 11.9. The zero-order valence-electron chi connectivity index (χ0n) is 16.0. The van der Waals surface area contributed by atoms with Gasteiger partial charge in [0.05, 0.1) is 18.2 Å². The number of aromatic hydroxyl groups is 3. The number of carboxylic acids is 1. The summed E-state index contributed by atoms with van der Waals surface area (Å²) in [5.74, 6) is -5.07. The number of methoxy groups -OCH3 is 1. The molecule has 0 aliphatic carbocycles. The molecule has 0 radical (unpaired) electrons. The third-order valence-corrected chi connectivity index (χ3v) is 4.37. The fraction of sp³-hybridized carbons (Fsp3) is 0.263. The van der Waals surface area contributed by atoms with Gasteiger partial charge in [-0.15, -0.1) is 0 Å². The van der Waals surface area contributed by atoms with Gasteiger partial charge in [0, 0.05) is 17.7 Å². The monoisotopic (exact) mass is 421 g/mol. The van der Waals surface area contributed by atoms with Crippen molar-refractivity contribution in [1.29, 1.82) is 0 Å². The molecular weight excluding hydrogens is 402 g/mol. The highest BCUT2D eigenvalue weighted by Crippen LogP contribution is 2.54. The van der Waals surface area contributed by atoms with Crippen LogP contribution in [0.25, 0.3) is 11.1 Å². The molecule has 1 aliphatic rings. The fourth-order valence-corrected chi connectivity index (χ4v) is 2.99. The van der Waals surface area contributed by atoms with E-state index >= 15 is 0 Å². The first-order valence-corrected chi connectivity index (χ1v) is 8.65. The van der Waals surface area contributed by atoms with Crippen molar-refractivity contribution in [1.82, 2.24) is 5.32 Å². The van der Waals surface area contributed by atoms with Crippen LogP contribution in [0, 0.1) is 0 Å². The Hall–Kier alpha value is -3.86. The lowest BCUT2D eigenvalue weighted by Crippen LogP contribution is -2.18. The maximum Gasteiger partial charge on any atom is 0.339 e. The molecule has 0 aromatic heterocycles. The van der Waals surface area contributed by atoms with Crippen LogP contribution in [0.5, 0.6) is 34.5 Å². The zero-order chi connectivity index (χ0) is 22.0. The number of benzene rings is 2. The molecule has 5 N–H and O–H groups in total. The Morgan fingerprint density at radius 1 is 1.07 bits per heavy atom. The molecule has 0 atom stereocenters. The number of aromatic carboxylic acids is 1. The van der Waals surface area contributed by atoms with Crippen LogP contribution in [-0.4, -0.2) is 66.5 Å². The third kappa shape index (κ3) is 3.46. The minimum Gasteiger partial charge on any atom is -0.504 e. The summed E-state index contributed by atoms with van der Waals surface area (Å²) in [5, 5.41) is 43.0. The van der Waals surface area contributed by atoms with E-state index in [4.69, 9.17) is 18.9 Å². The number of carbonyl (C=O) groups is 2. The number of hydrogen-bond donors (Lipinski definition) is 5. The van der Waals surface area contributed by atoms with E-state index in [9.17, 15) is 30.0 Å². The fourth-order valence-electron chi connectivity index (χ4n) is 2.99. The molecule has 0 amide bonds. The molecule has 0 saturated carbocycles. The molecule has 11 nitrogen and oxygen atoms in total. The van der Waals surface area contributed by atoms with Crippen molar-refractivity contribution in [3.63, 3.8) is 0 Å². The van der Waals surface area contributed by atoms with Gasteiger partial charge in [0.2, 0.25) is 18.3 Å². The highest BCUT2D eigenvalue weighted by molar-refractivity contribution is 6.08. The van der Waals surface area contributed by atoms with E-state index in [0.29, 0.717) is 6.54 Å². The van der Waals surface area contributed by atoms with E-state index in [1.54, 1.807) is 7.05 Å². The van der Waals surface area contributed by atoms with Crippen molar-refractivity contribution in [3.05, 3.63) is 23.3 Å². The Labute approximate surface area is 170 Å². The lowest BCUT2D eigenvalue weighted by atomic mass is 9.92. The van der Waals surface area contributed by atoms with Crippen LogP contribution in [-0.2, 0) is 4.74 Å². The number of nitrogens with one attached hydrogen (secondary N) is 1. The minimum atomic E-state index is -1.43. The number of phenolic OH excluding ortho intramolecular Hbond substituents is 3. The van der Waals surface area contributed by atoms with Gasteiger partial charge in [-0.1, -0.05) is 0 Å². The summed E-state index contributed by atoms with van der Waals surface area (Å²) in [6, 6.07) is 1.99. The largest absolute Gasteiger partial charge is 0.504 e. The minimum absolute atomic E-state index is 0.0384. The number of likely N-dealkylation sites (N-methyl/N-ethyl adjacent to an activating group) is 1. The van der Waals surface area contributed by atoms with Crippen LogP contribution >= 0.6 is 0 Å². The van der Waals surface area contributed by atoms with Gasteiger partial charge in [-0.3, -0.25) is 0 Å². The molecule has 30 heavy (non-hydrogen) atoms. The smallest absolute Gasteiger partial charge is 0.339 e. The molecule has 0 bridgehead atoms. The molecule has 3 rings (SSSR count). The molecule has 1 heterocycles.